The van der Waals surface area contributed by atoms with E-state index in [9.17, 15) is 19.2 Å². The number of ether oxygens (including phenoxy) is 1. The monoisotopic (exact) mass is 511 g/mol. The molecule has 3 amide bonds. The summed E-state index contributed by atoms with van der Waals surface area (Å²) < 4.78 is 6.19. The molecular weight excluding hydrogens is 478 g/mol. The fraction of sp³-hybridized carbons (Fsp3) is 0.565. The van der Waals surface area contributed by atoms with Crippen molar-refractivity contribution in [3.05, 3.63) is 28.7 Å². The normalized spacial score (nSPS) is 12.5. The predicted molar refractivity (Wildman–Crippen MR) is 126 cm³/mol. The van der Waals surface area contributed by atoms with E-state index in [4.69, 9.17) is 10.5 Å². The van der Waals surface area contributed by atoms with Crippen molar-refractivity contribution in [1.29, 1.82) is 0 Å². The number of esters is 1. The van der Waals surface area contributed by atoms with Gasteiger partial charge in [0.15, 0.2) is 0 Å². The highest BCUT2D eigenvalue weighted by molar-refractivity contribution is 9.10. The lowest BCUT2D eigenvalue weighted by atomic mass is 10.1. The molecule has 1 aromatic carbocycles. The second kappa shape index (κ2) is 15.4. The molecule has 1 rings (SSSR count). The van der Waals surface area contributed by atoms with Crippen molar-refractivity contribution in [2.24, 2.45) is 11.7 Å². The van der Waals surface area contributed by atoms with Gasteiger partial charge in [0.25, 0.3) is 0 Å². The molecule has 0 aliphatic rings. The summed E-state index contributed by atoms with van der Waals surface area (Å²) in [6.07, 6.45) is 5.35. The van der Waals surface area contributed by atoms with Crippen LogP contribution in [0.2, 0.25) is 0 Å². The quantitative estimate of drug-likeness (QED) is 0.189. The summed E-state index contributed by atoms with van der Waals surface area (Å²) in [4.78, 5) is 48.1. The Morgan fingerprint density at radius 1 is 1.06 bits per heavy atom. The van der Waals surface area contributed by atoms with Crippen molar-refractivity contribution in [3.8, 4) is 5.75 Å². The van der Waals surface area contributed by atoms with Crippen LogP contribution in [0.25, 0.3) is 0 Å². The van der Waals surface area contributed by atoms with Crippen LogP contribution in [0.1, 0.15) is 65.2 Å². The number of hydrogen-bond donors (Lipinski definition) is 3. The summed E-state index contributed by atoms with van der Waals surface area (Å²) >= 11 is 3.31. The van der Waals surface area contributed by atoms with Crippen LogP contribution in [-0.4, -0.2) is 36.3 Å². The van der Waals surface area contributed by atoms with E-state index in [1.807, 2.05) is 0 Å². The van der Waals surface area contributed by atoms with Gasteiger partial charge in [0.1, 0.15) is 11.8 Å². The summed E-state index contributed by atoms with van der Waals surface area (Å²) in [7, 11) is 0. The molecule has 0 radical (unpaired) electrons. The maximum absolute atomic E-state index is 12.4. The summed E-state index contributed by atoms with van der Waals surface area (Å²) in [6, 6.07) is 5.87. The number of carbonyl (C=O) groups excluding carboxylic acids is 4. The Morgan fingerprint density at radius 2 is 1.72 bits per heavy atom. The molecule has 0 aromatic heterocycles. The van der Waals surface area contributed by atoms with Crippen molar-refractivity contribution < 1.29 is 23.9 Å². The third-order valence-electron chi connectivity index (χ3n) is 4.88. The van der Waals surface area contributed by atoms with Crippen molar-refractivity contribution in [1.82, 2.24) is 10.6 Å². The lowest BCUT2D eigenvalue weighted by molar-refractivity contribution is -0.138. The highest BCUT2D eigenvalue weighted by atomic mass is 79.9. The van der Waals surface area contributed by atoms with Gasteiger partial charge in [-0.25, -0.2) is 0 Å². The van der Waals surface area contributed by atoms with Crippen LogP contribution < -0.4 is 21.1 Å². The van der Waals surface area contributed by atoms with Crippen LogP contribution in [0, 0.1) is 5.92 Å². The number of nitrogens with two attached hydrogens (primary N) is 1. The zero-order chi connectivity index (χ0) is 23.9. The Kier molecular flexibility index (Phi) is 13.3. The third-order valence-corrected chi connectivity index (χ3v) is 5.40. The first-order chi connectivity index (χ1) is 15.2. The lowest BCUT2D eigenvalue weighted by Gasteiger charge is -2.18. The maximum atomic E-state index is 12.4. The molecule has 0 bridgehead atoms. The summed E-state index contributed by atoms with van der Waals surface area (Å²) in [5.74, 6) is -1.89. The van der Waals surface area contributed by atoms with Gasteiger partial charge in [0, 0.05) is 17.4 Å². The van der Waals surface area contributed by atoms with Crippen LogP contribution in [-0.2, 0) is 19.2 Å². The molecule has 9 heteroatoms. The van der Waals surface area contributed by atoms with E-state index in [2.05, 4.69) is 33.5 Å². The minimum absolute atomic E-state index is 0.192. The highest BCUT2D eigenvalue weighted by Crippen LogP contribution is 2.17. The van der Waals surface area contributed by atoms with E-state index in [0.29, 0.717) is 18.6 Å². The smallest absolute Gasteiger partial charge is 0.314 e. The maximum Gasteiger partial charge on any atom is 0.314 e. The van der Waals surface area contributed by atoms with Crippen molar-refractivity contribution in [2.75, 3.05) is 6.54 Å². The lowest BCUT2D eigenvalue weighted by Crippen LogP contribution is -2.49. The van der Waals surface area contributed by atoms with Gasteiger partial charge in [-0.2, -0.15) is 0 Å². The molecular formula is C23H34BrN3O5. The van der Waals surface area contributed by atoms with Crippen LogP contribution in [0.3, 0.4) is 0 Å². The van der Waals surface area contributed by atoms with Gasteiger partial charge in [-0.05, 0) is 37.1 Å². The van der Waals surface area contributed by atoms with Gasteiger partial charge in [0.05, 0.1) is 12.3 Å². The number of primary amides is 1. The van der Waals surface area contributed by atoms with Crippen molar-refractivity contribution in [3.63, 3.8) is 0 Å². The van der Waals surface area contributed by atoms with E-state index in [0.717, 1.165) is 36.6 Å². The van der Waals surface area contributed by atoms with Gasteiger partial charge in [-0.15, -0.1) is 0 Å². The number of carbonyl (C=O) groups is 4. The second-order valence-corrected chi connectivity index (χ2v) is 8.73. The summed E-state index contributed by atoms with van der Waals surface area (Å²) in [6.45, 7) is 4.01. The van der Waals surface area contributed by atoms with E-state index >= 15 is 0 Å². The van der Waals surface area contributed by atoms with E-state index in [-0.39, 0.29) is 18.9 Å². The highest BCUT2D eigenvalue weighted by Gasteiger charge is 2.23. The number of unbranched alkanes of at least 4 members (excludes halogenated alkanes) is 4. The summed E-state index contributed by atoms with van der Waals surface area (Å²) in [5.41, 5.74) is 5.23. The second-order valence-electron chi connectivity index (χ2n) is 7.81. The molecule has 2 atom stereocenters. The van der Waals surface area contributed by atoms with Crippen LogP contribution in [0.5, 0.6) is 5.75 Å². The van der Waals surface area contributed by atoms with Gasteiger partial charge in [0.2, 0.25) is 17.7 Å². The Labute approximate surface area is 198 Å². The number of nitrogens with one attached hydrogen (secondary N) is 2. The molecule has 1 unspecified atom stereocenters. The average Bonchev–Trinajstić information content (AvgIpc) is 2.74. The van der Waals surface area contributed by atoms with Crippen LogP contribution in [0.15, 0.2) is 28.7 Å². The molecule has 0 fully saturated rings. The molecule has 0 spiro atoms. The molecule has 0 aliphatic carbocycles. The van der Waals surface area contributed by atoms with Crippen molar-refractivity contribution >= 4 is 39.6 Å². The topological polar surface area (TPSA) is 128 Å². The molecule has 0 saturated heterocycles. The van der Waals surface area contributed by atoms with Gasteiger partial charge >= 0.3 is 5.97 Å². The van der Waals surface area contributed by atoms with Gasteiger partial charge in [-0.1, -0.05) is 55.5 Å². The molecule has 0 aliphatic heterocycles. The largest absolute Gasteiger partial charge is 0.426 e. The molecule has 4 N–H and O–H groups in total. The Hall–Kier alpha value is -2.42. The van der Waals surface area contributed by atoms with Gasteiger partial charge < -0.3 is 21.1 Å². The molecule has 0 heterocycles. The fourth-order valence-electron chi connectivity index (χ4n) is 2.94. The molecule has 32 heavy (non-hydrogen) atoms. The summed E-state index contributed by atoms with van der Waals surface area (Å²) in [5, 5.41) is 5.25. The first-order valence-corrected chi connectivity index (χ1v) is 11.8. The van der Waals surface area contributed by atoms with E-state index < -0.39 is 29.7 Å². The molecule has 178 valence electrons. The molecule has 0 saturated carbocycles. The van der Waals surface area contributed by atoms with E-state index in [1.54, 1.807) is 31.2 Å². The molecule has 8 nitrogen and oxygen atoms in total. The SMILES string of the molecule is CCCCCCCC(=O)N[C@H](CC(N)=O)C(=O)NCCC(C)C(=O)Oc1ccc(Br)cc1. The van der Waals surface area contributed by atoms with Crippen LogP contribution in [0.4, 0.5) is 0 Å². The number of halogens is 1. The standard InChI is InChI=1S/C23H34BrN3O5/c1-3-4-5-6-7-8-21(29)27-19(15-20(25)28)22(30)26-14-13-16(2)23(31)32-18-11-9-17(24)10-12-18/h9-12,16,19H,3-8,13-15H2,1-2H3,(H2,25,28)(H,26,30)(H,27,29)/t16?,19-/m1/s1. The van der Waals surface area contributed by atoms with Gasteiger partial charge in [-0.3, -0.25) is 19.2 Å². The first-order valence-electron chi connectivity index (χ1n) is 11.1. The number of rotatable bonds is 15. The minimum Gasteiger partial charge on any atom is -0.426 e. The molecule has 1 aromatic rings. The Bertz CT molecular complexity index is 755. The van der Waals surface area contributed by atoms with Crippen molar-refractivity contribution in [2.45, 2.75) is 71.3 Å². The Morgan fingerprint density at radius 3 is 2.34 bits per heavy atom. The predicted octanol–water partition coefficient (Wildman–Crippen LogP) is 3.22. The van der Waals surface area contributed by atoms with E-state index in [1.165, 1.54) is 0 Å². The fourth-order valence-corrected chi connectivity index (χ4v) is 3.20. The number of hydrogen-bond acceptors (Lipinski definition) is 5. The number of benzene rings is 1. The average molecular weight is 512 g/mol. The minimum atomic E-state index is -1.03. The number of amides is 3. The first kappa shape index (κ1) is 27.6. The zero-order valence-corrected chi connectivity index (χ0v) is 20.4. The zero-order valence-electron chi connectivity index (χ0n) is 18.8. The third kappa shape index (κ3) is 11.8. The Balaban J connectivity index is 2.43. The van der Waals surface area contributed by atoms with Crippen LogP contribution >= 0.6 is 15.9 Å².